The number of esters is 1. The summed E-state index contributed by atoms with van der Waals surface area (Å²) in [5.41, 5.74) is 0. The van der Waals surface area contributed by atoms with Crippen LogP contribution >= 0.6 is 0 Å². The van der Waals surface area contributed by atoms with Crippen molar-refractivity contribution in [1.82, 2.24) is 10.2 Å². The second-order valence-electron chi connectivity index (χ2n) is 7.45. The van der Waals surface area contributed by atoms with E-state index in [9.17, 15) is 14.4 Å². The van der Waals surface area contributed by atoms with Crippen LogP contribution in [0.25, 0.3) is 0 Å². The van der Waals surface area contributed by atoms with E-state index in [0.717, 1.165) is 38.6 Å². The molecule has 0 unspecified atom stereocenters. The molecule has 0 aromatic carbocycles. The highest BCUT2D eigenvalue weighted by atomic mass is 16.5. The fraction of sp³-hybridized carbons (Fsp3) is 0.833. The molecular weight excluding hydrogens is 308 g/mol. The lowest BCUT2D eigenvalue weighted by molar-refractivity contribution is -0.148. The van der Waals surface area contributed by atoms with Crippen molar-refractivity contribution in [2.75, 3.05) is 20.2 Å². The highest BCUT2D eigenvalue weighted by molar-refractivity contribution is 5.83. The SMILES string of the molecule is CCC(=O)N1CCC[C@H](C(=O)N[C@H]2[C@H]3CC[C@@H](C3)[C@@H]2C(=O)OC)C1. The average molecular weight is 336 g/mol. The van der Waals surface area contributed by atoms with Crippen LogP contribution in [0.5, 0.6) is 0 Å². The molecule has 3 fully saturated rings. The number of hydrogen-bond donors (Lipinski definition) is 1. The molecule has 6 nitrogen and oxygen atoms in total. The first kappa shape index (κ1) is 17.2. The molecule has 2 bridgehead atoms. The van der Waals surface area contributed by atoms with Gasteiger partial charge < -0.3 is 15.0 Å². The lowest BCUT2D eigenvalue weighted by atomic mass is 9.84. The maximum absolute atomic E-state index is 12.7. The molecule has 3 rings (SSSR count). The van der Waals surface area contributed by atoms with Crippen molar-refractivity contribution < 1.29 is 19.1 Å². The van der Waals surface area contributed by atoms with Crippen LogP contribution in [0.4, 0.5) is 0 Å². The van der Waals surface area contributed by atoms with Gasteiger partial charge in [-0.15, -0.1) is 0 Å². The van der Waals surface area contributed by atoms with Crippen LogP contribution in [0.1, 0.15) is 45.4 Å². The third-order valence-electron chi connectivity index (χ3n) is 6.15. The zero-order valence-electron chi connectivity index (χ0n) is 14.6. The summed E-state index contributed by atoms with van der Waals surface area (Å²) < 4.78 is 4.96. The minimum Gasteiger partial charge on any atom is -0.469 e. The third kappa shape index (κ3) is 3.15. The Kier molecular flexibility index (Phi) is 5.11. The molecule has 1 N–H and O–H groups in total. The highest BCUT2D eigenvalue weighted by Crippen LogP contribution is 2.49. The molecule has 0 aromatic rings. The Morgan fingerprint density at radius 3 is 2.62 bits per heavy atom. The number of rotatable bonds is 4. The molecule has 134 valence electrons. The third-order valence-corrected chi connectivity index (χ3v) is 6.15. The van der Waals surface area contributed by atoms with E-state index in [1.165, 1.54) is 7.11 Å². The second kappa shape index (κ2) is 7.11. The topological polar surface area (TPSA) is 75.7 Å². The van der Waals surface area contributed by atoms with Gasteiger partial charge in [0.1, 0.15) is 0 Å². The van der Waals surface area contributed by atoms with Crippen LogP contribution in [0.15, 0.2) is 0 Å². The van der Waals surface area contributed by atoms with Crippen molar-refractivity contribution in [3.05, 3.63) is 0 Å². The van der Waals surface area contributed by atoms with Crippen molar-refractivity contribution in [2.45, 2.75) is 51.5 Å². The summed E-state index contributed by atoms with van der Waals surface area (Å²) >= 11 is 0. The quantitative estimate of drug-likeness (QED) is 0.786. The molecule has 2 aliphatic carbocycles. The smallest absolute Gasteiger partial charge is 0.311 e. The average Bonchev–Trinajstić information content (AvgIpc) is 3.22. The Labute approximate surface area is 143 Å². The van der Waals surface area contributed by atoms with E-state index in [1.54, 1.807) is 4.90 Å². The van der Waals surface area contributed by atoms with Crippen molar-refractivity contribution in [2.24, 2.45) is 23.7 Å². The predicted molar refractivity (Wildman–Crippen MR) is 87.9 cm³/mol. The Morgan fingerprint density at radius 1 is 1.17 bits per heavy atom. The summed E-state index contributed by atoms with van der Waals surface area (Å²) in [6.07, 6.45) is 5.29. The van der Waals surface area contributed by atoms with Gasteiger partial charge in [-0.1, -0.05) is 6.92 Å². The van der Waals surface area contributed by atoms with E-state index in [1.807, 2.05) is 6.92 Å². The zero-order chi connectivity index (χ0) is 17.3. The number of nitrogens with one attached hydrogen (secondary N) is 1. The number of methoxy groups -OCH3 is 1. The lowest BCUT2D eigenvalue weighted by Crippen LogP contribution is -2.52. The molecule has 1 heterocycles. The van der Waals surface area contributed by atoms with E-state index in [2.05, 4.69) is 5.32 Å². The second-order valence-corrected chi connectivity index (χ2v) is 7.45. The van der Waals surface area contributed by atoms with E-state index < -0.39 is 0 Å². The Bertz CT molecular complexity index is 521. The normalized spacial score (nSPS) is 34.9. The van der Waals surface area contributed by atoms with Crippen molar-refractivity contribution in [3.63, 3.8) is 0 Å². The van der Waals surface area contributed by atoms with Gasteiger partial charge in [-0.05, 0) is 43.9 Å². The summed E-state index contributed by atoms with van der Waals surface area (Å²) in [4.78, 5) is 38.6. The van der Waals surface area contributed by atoms with Gasteiger partial charge in [-0.25, -0.2) is 0 Å². The van der Waals surface area contributed by atoms with Crippen molar-refractivity contribution in [1.29, 1.82) is 0 Å². The largest absolute Gasteiger partial charge is 0.469 e. The molecule has 3 aliphatic rings. The minimum atomic E-state index is -0.199. The molecule has 0 radical (unpaired) electrons. The molecule has 6 heteroatoms. The number of ether oxygens (including phenoxy) is 1. The number of likely N-dealkylation sites (tertiary alicyclic amines) is 1. The first-order valence-corrected chi connectivity index (χ1v) is 9.21. The number of hydrogen-bond acceptors (Lipinski definition) is 4. The molecule has 2 saturated carbocycles. The summed E-state index contributed by atoms with van der Waals surface area (Å²) in [6, 6.07) is -0.0963. The van der Waals surface area contributed by atoms with Gasteiger partial charge >= 0.3 is 5.97 Å². The number of carbonyl (C=O) groups excluding carboxylic acids is 3. The van der Waals surface area contributed by atoms with E-state index in [4.69, 9.17) is 4.74 Å². The van der Waals surface area contributed by atoms with Gasteiger partial charge in [0.05, 0.1) is 18.9 Å². The van der Waals surface area contributed by atoms with Crippen LogP contribution in [0.3, 0.4) is 0 Å². The molecule has 0 aromatic heterocycles. The number of amides is 2. The molecule has 24 heavy (non-hydrogen) atoms. The fourth-order valence-corrected chi connectivity index (χ4v) is 4.90. The van der Waals surface area contributed by atoms with E-state index in [-0.39, 0.29) is 35.7 Å². The predicted octanol–water partition coefficient (Wildman–Crippen LogP) is 1.34. The first-order valence-electron chi connectivity index (χ1n) is 9.21. The molecular formula is C18H28N2O4. The van der Waals surface area contributed by atoms with Gasteiger partial charge in [-0.2, -0.15) is 0 Å². The van der Waals surface area contributed by atoms with Crippen LogP contribution < -0.4 is 5.32 Å². The molecule has 1 saturated heterocycles. The van der Waals surface area contributed by atoms with Crippen LogP contribution in [-0.2, 0) is 19.1 Å². The molecule has 0 spiro atoms. The standard InChI is InChI=1S/C18H28N2O4/c1-3-14(21)20-8-4-5-13(10-20)17(22)19-16-12-7-6-11(9-12)15(16)18(23)24-2/h11-13,15-16H,3-10H2,1-2H3,(H,19,22)/t11-,12-,13-,15-,16-/m0/s1. The lowest BCUT2D eigenvalue weighted by Gasteiger charge is -2.35. The summed E-state index contributed by atoms with van der Waals surface area (Å²) in [7, 11) is 1.42. The number of nitrogens with zero attached hydrogens (tertiary/aromatic N) is 1. The maximum Gasteiger partial charge on any atom is 0.311 e. The van der Waals surface area contributed by atoms with Gasteiger partial charge in [0.2, 0.25) is 11.8 Å². The summed E-state index contributed by atoms with van der Waals surface area (Å²) in [6.45, 7) is 3.10. The van der Waals surface area contributed by atoms with E-state index >= 15 is 0 Å². The zero-order valence-corrected chi connectivity index (χ0v) is 14.6. The van der Waals surface area contributed by atoms with Gasteiger partial charge in [0.15, 0.2) is 0 Å². The van der Waals surface area contributed by atoms with Gasteiger partial charge in [-0.3, -0.25) is 14.4 Å². The number of piperidine rings is 1. The minimum absolute atomic E-state index is 0.00458. The fourth-order valence-electron chi connectivity index (χ4n) is 4.90. The number of carbonyl (C=O) groups is 3. The summed E-state index contributed by atoms with van der Waals surface area (Å²) in [5, 5.41) is 3.15. The monoisotopic (exact) mass is 336 g/mol. The van der Waals surface area contributed by atoms with Crippen LogP contribution in [0, 0.1) is 23.7 Å². The first-order chi connectivity index (χ1) is 11.5. The van der Waals surface area contributed by atoms with Crippen molar-refractivity contribution >= 4 is 17.8 Å². The van der Waals surface area contributed by atoms with Crippen LogP contribution in [0.2, 0.25) is 0 Å². The summed E-state index contributed by atoms with van der Waals surface area (Å²) in [5.74, 6) is 0.285. The molecule has 5 atom stereocenters. The van der Waals surface area contributed by atoms with Gasteiger partial charge in [0.25, 0.3) is 0 Å². The molecule has 1 aliphatic heterocycles. The highest BCUT2D eigenvalue weighted by Gasteiger charge is 2.52. The number of fused-ring (bicyclic) bond motifs is 2. The Balaban J connectivity index is 1.63. The van der Waals surface area contributed by atoms with E-state index in [0.29, 0.717) is 24.8 Å². The van der Waals surface area contributed by atoms with Crippen molar-refractivity contribution in [3.8, 4) is 0 Å². The van der Waals surface area contributed by atoms with Crippen LogP contribution in [-0.4, -0.2) is 48.9 Å². The Morgan fingerprint density at radius 2 is 1.92 bits per heavy atom. The van der Waals surface area contributed by atoms with Gasteiger partial charge in [0, 0.05) is 25.6 Å². The maximum atomic E-state index is 12.7. The Hall–Kier alpha value is -1.59. The molecule has 2 amide bonds.